The lowest BCUT2D eigenvalue weighted by Crippen LogP contribution is -3.00. The van der Waals surface area contributed by atoms with Gasteiger partial charge in [-0.2, -0.15) is 0 Å². The Kier molecular flexibility index (Phi) is 7.98. The van der Waals surface area contributed by atoms with E-state index in [-0.39, 0.29) is 36.4 Å². The lowest BCUT2D eigenvalue weighted by atomic mass is 10.2. The van der Waals surface area contributed by atoms with Crippen molar-refractivity contribution < 1.29 is 28.5 Å². The maximum Gasteiger partial charge on any atom is 0.104 e. The van der Waals surface area contributed by atoms with E-state index in [1.165, 1.54) is 5.56 Å². The van der Waals surface area contributed by atoms with Gasteiger partial charge in [-0.15, -0.1) is 12.4 Å². The van der Waals surface area contributed by atoms with E-state index in [9.17, 15) is 0 Å². The zero-order valence-corrected chi connectivity index (χ0v) is 11.3. The highest BCUT2D eigenvalue weighted by Crippen LogP contribution is 2.04. The predicted molar refractivity (Wildman–Crippen MR) is 55.4 cm³/mol. The molecular weight excluding hydrogens is 296 g/mol. The van der Waals surface area contributed by atoms with Crippen LogP contribution in [0.15, 0.2) is 30.3 Å². The Morgan fingerprint density at radius 2 is 1.46 bits per heavy atom. The number of rotatable bonds is 2. The SMILES string of the molecule is C[N+](C)(C)Cc1ccccc1.Cl.[I-]. The summed E-state index contributed by atoms with van der Waals surface area (Å²) in [6.07, 6.45) is 0. The van der Waals surface area contributed by atoms with Crippen molar-refractivity contribution in [2.24, 2.45) is 0 Å². The molecule has 13 heavy (non-hydrogen) atoms. The van der Waals surface area contributed by atoms with E-state index in [4.69, 9.17) is 0 Å². The summed E-state index contributed by atoms with van der Waals surface area (Å²) in [6, 6.07) is 10.6. The van der Waals surface area contributed by atoms with Crippen LogP contribution in [0.1, 0.15) is 5.56 Å². The van der Waals surface area contributed by atoms with Crippen LogP contribution in [0.4, 0.5) is 0 Å². The molecule has 0 aliphatic carbocycles. The van der Waals surface area contributed by atoms with Gasteiger partial charge in [0, 0.05) is 5.56 Å². The van der Waals surface area contributed by atoms with Crippen molar-refractivity contribution in [3.63, 3.8) is 0 Å². The number of quaternary nitrogens is 1. The van der Waals surface area contributed by atoms with E-state index >= 15 is 0 Å². The molecule has 1 rings (SSSR count). The van der Waals surface area contributed by atoms with Crippen molar-refractivity contribution in [2.75, 3.05) is 21.1 Å². The molecule has 0 unspecified atom stereocenters. The molecule has 0 heterocycles. The minimum absolute atomic E-state index is 0. The van der Waals surface area contributed by atoms with Crippen LogP contribution in [0.3, 0.4) is 0 Å². The first-order valence-corrected chi connectivity index (χ1v) is 3.92. The molecule has 0 radical (unpaired) electrons. The molecular formula is C10H17ClIN. The van der Waals surface area contributed by atoms with Gasteiger partial charge in [-0.3, -0.25) is 0 Å². The summed E-state index contributed by atoms with van der Waals surface area (Å²) in [4.78, 5) is 0. The van der Waals surface area contributed by atoms with E-state index in [1.54, 1.807) is 0 Å². The largest absolute Gasteiger partial charge is 1.00 e. The van der Waals surface area contributed by atoms with Crippen LogP contribution in [0.25, 0.3) is 0 Å². The van der Waals surface area contributed by atoms with E-state index in [1.807, 2.05) is 0 Å². The molecule has 0 aliphatic heterocycles. The molecule has 0 spiro atoms. The minimum Gasteiger partial charge on any atom is -1.00 e. The molecule has 1 nitrogen and oxygen atoms in total. The van der Waals surface area contributed by atoms with Gasteiger partial charge in [-0.25, -0.2) is 0 Å². The molecule has 0 saturated heterocycles. The van der Waals surface area contributed by atoms with Crippen molar-refractivity contribution in [1.82, 2.24) is 0 Å². The molecule has 0 atom stereocenters. The van der Waals surface area contributed by atoms with Crippen molar-refractivity contribution in [2.45, 2.75) is 6.54 Å². The first kappa shape index (κ1) is 15.7. The van der Waals surface area contributed by atoms with Crippen LogP contribution in [0, 0.1) is 0 Å². The number of hydrogen-bond donors (Lipinski definition) is 0. The molecule has 0 amide bonds. The number of nitrogens with zero attached hydrogens (tertiary/aromatic N) is 1. The third kappa shape index (κ3) is 7.28. The number of benzene rings is 1. The topological polar surface area (TPSA) is 0 Å². The van der Waals surface area contributed by atoms with Crippen LogP contribution in [0.5, 0.6) is 0 Å². The fraction of sp³-hybridized carbons (Fsp3) is 0.400. The zero-order valence-electron chi connectivity index (χ0n) is 8.33. The average molecular weight is 314 g/mol. The normalized spacial score (nSPS) is 9.77. The first-order chi connectivity index (χ1) is 5.08. The van der Waals surface area contributed by atoms with Crippen molar-refractivity contribution >= 4 is 12.4 Å². The summed E-state index contributed by atoms with van der Waals surface area (Å²) in [5, 5.41) is 0. The summed E-state index contributed by atoms with van der Waals surface area (Å²) in [6.45, 7) is 1.10. The summed E-state index contributed by atoms with van der Waals surface area (Å²) < 4.78 is 0.990. The predicted octanol–water partition coefficient (Wildman–Crippen LogP) is -0.681. The Labute approximate surface area is 104 Å². The lowest BCUT2D eigenvalue weighted by Gasteiger charge is -2.23. The highest BCUT2D eigenvalue weighted by atomic mass is 127. The third-order valence-corrected chi connectivity index (χ3v) is 1.50. The molecule has 76 valence electrons. The molecule has 0 fully saturated rings. The Morgan fingerprint density at radius 1 is 1.00 bits per heavy atom. The molecule has 0 N–H and O–H groups in total. The van der Waals surface area contributed by atoms with Crippen molar-refractivity contribution in [3.05, 3.63) is 35.9 Å². The van der Waals surface area contributed by atoms with E-state index in [2.05, 4.69) is 51.5 Å². The highest BCUT2D eigenvalue weighted by Gasteiger charge is 2.06. The maximum atomic E-state index is 2.20. The Bertz CT molecular complexity index is 218. The zero-order chi connectivity index (χ0) is 8.32. The fourth-order valence-electron chi connectivity index (χ4n) is 1.13. The van der Waals surface area contributed by atoms with Gasteiger partial charge in [0.15, 0.2) is 0 Å². The molecule has 0 aromatic heterocycles. The smallest absolute Gasteiger partial charge is 0.104 e. The van der Waals surface area contributed by atoms with Crippen LogP contribution >= 0.6 is 12.4 Å². The van der Waals surface area contributed by atoms with Crippen molar-refractivity contribution in [1.29, 1.82) is 0 Å². The first-order valence-electron chi connectivity index (χ1n) is 3.92. The van der Waals surface area contributed by atoms with Gasteiger partial charge in [0.05, 0.1) is 21.1 Å². The van der Waals surface area contributed by atoms with E-state index in [0.29, 0.717) is 0 Å². The average Bonchev–Trinajstić information content (AvgIpc) is 1.85. The molecule has 0 aliphatic rings. The fourth-order valence-corrected chi connectivity index (χ4v) is 1.13. The molecule has 3 heteroatoms. The standard InChI is InChI=1S/C10H16N.ClH.HI/c1-11(2,3)9-10-7-5-4-6-8-10;;/h4-8H,9H2,1-3H3;2*1H/q+1;;/p-1. The monoisotopic (exact) mass is 313 g/mol. The van der Waals surface area contributed by atoms with Gasteiger partial charge in [0.1, 0.15) is 6.54 Å². The van der Waals surface area contributed by atoms with Crippen molar-refractivity contribution in [3.8, 4) is 0 Å². The third-order valence-electron chi connectivity index (χ3n) is 1.50. The van der Waals surface area contributed by atoms with Gasteiger partial charge in [0.25, 0.3) is 0 Å². The van der Waals surface area contributed by atoms with E-state index in [0.717, 1.165) is 11.0 Å². The van der Waals surface area contributed by atoms with Gasteiger partial charge < -0.3 is 28.5 Å². The minimum atomic E-state index is 0. The highest BCUT2D eigenvalue weighted by molar-refractivity contribution is 5.85. The summed E-state index contributed by atoms with van der Waals surface area (Å²) in [7, 11) is 6.60. The Hall–Kier alpha value is 0.200. The molecule has 1 aromatic carbocycles. The second-order valence-corrected chi connectivity index (χ2v) is 3.93. The Morgan fingerprint density at radius 3 is 1.85 bits per heavy atom. The molecule has 1 aromatic rings. The van der Waals surface area contributed by atoms with Gasteiger partial charge in [-0.1, -0.05) is 30.3 Å². The van der Waals surface area contributed by atoms with Crippen LogP contribution in [0.2, 0.25) is 0 Å². The summed E-state index contributed by atoms with van der Waals surface area (Å²) >= 11 is 0. The Balaban J connectivity index is 0. The van der Waals surface area contributed by atoms with Gasteiger partial charge >= 0.3 is 0 Å². The van der Waals surface area contributed by atoms with Gasteiger partial charge in [0.2, 0.25) is 0 Å². The second kappa shape index (κ2) is 6.62. The number of hydrogen-bond acceptors (Lipinski definition) is 0. The molecule has 0 saturated carbocycles. The summed E-state index contributed by atoms with van der Waals surface area (Å²) in [5.74, 6) is 0. The van der Waals surface area contributed by atoms with E-state index < -0.39 is 0 Å². The second-order valence-electron chi connectivity index (χ2n) is 3.93. The van der Waals surface area contributed by atoms with Crippen LogP contribution in [-0.4, -0.2) is 25.6 Å². The van der Waals surface area contributed by atoms with Gasteiger partial charge in [-0.05, 0) is 0 Å². The molecule has 0 bridgehead atoms. The summed E-state index contributed by atoms with van der Waals surface area (Å²) in [5.41, 5.74) is 1.40. The maximum absolute atomic E-state index is 2.20. The van der Waals surface area contributed by atoms with Crippen LogP contribution < -0.4 is 24.0 Å². The van der Waals surface area contributed by atoms with Crippen LogP contribution in [-0.2, 0) is 6.54 Å². The quantitative estimate of drug-likeness (QED) is 0.501. The number of halogens is 2. The lowest BCUT2D eigenvalue weighted by molar-refractivity contribution is -0.884.